The number of aromatic nitrogens is 4. The standard InChI is InChI=1S/C31H39N7O4.2ClH/c1-5-41-26-18-22-24(19-27(26)42-6-2)33-30(37-15-11-32-12-16-37)34-28(22)36-13-9-21(10-14-36)38-29(39)23-17-20(3)7-8-25(23)35(4)31(38)40;;/h7-8,17-19,21,32H,5-6,9-16H2,1-4H3;2*1H. The molecule has 2 aliphatic heterocycles. The smallest absolute Gasteiger partial charge is 0.331 e. The van der Waals surface area contributed by atoms with Crippen LogP contribution in [0.2, 0.25) is 0 Å². The highest BCUT2D eigenvalue weighted by atomic mass is 35.5. The fourth-order valence-corrected chi connectivity index (χ4v) is 6.15. The molecule has 2 aromatic carbocycles. The van der Waals surface area contributed by atoms with E-state index in [4.69, 9.17) is 19.4 Å². The molecule has 2 aliphatic rings. The Morgan fingerprint density at radius 1 is 0.864 bits per heavy atom. The molecule has 4 aromatic rings. The highest BCUT2D eigenvalue weighted by molar-refractivity contribution is 5.93. The maximum Gasteiger partial charge on any atom is 0.331 e. The van der Waals surface area contributed by atoms with Crippen molar-refractivity contribution in [1.29, 1.82) is 0 Å². The van der Waals surface area contributed by atoms with Gasteiger partial charge in [-0.15, -0.1) is 24.8 Å². The number of fused-ring (bicyclic) bond motifs is 2. The highest BCUT2D eigenvalue weighted by Gasteiger charge is 2.28. The van der Waals surface area contributed by atoms with Crippen molar-refractivity contribution in [3.05, 3.63) is 56.7 Å². The Kier molecular flexibility index (Phi) is 10.6. The number of halogens is 2. The first-order valence-corrected chi connectivity index (χ1v) is 14.9. The molecule has 0 radical (unpaired) electrons. The highest BCUT2D eigenvalue weighted by Crippen LogP contribution is 2.38. The maximum absolute atomic E-state index is 13.6. The van der Waals surface area contributed by atoms with E-state index in [1.807, 2.05) is 51.1 Å². The monoisotopic (exact) mass is 645 g/mol. The van der Waals surface area contributed by atoms with Gasteiger partial charge in [-0.25, -0.2) is 9.78 Å². The number of piperidine rings is 1. The van der Waals surface area contributed by atoms with Crippen LogP contribution < -0.4 is 35.8 Å². The lowest BCUT2D eigenvalue weighted by molar-refractivity contribution is 0.288. The molecule has 2 aromatic heterocycles. The third kappa shape index (κ3) is 6.18. The van der Waals surface area contributed by atoms with E-state index >= 15 is 0 Å². The van der Waals surface area contributed by atoms with Crippen LogP contribution in [-0.2, 0) is 7.05 Å². The van der Waals surface area contributed by atoms with Gasteiger partial charge in [0.2, 0.25) is 5.95 Å². The molecule has 2 saturated heterocycles. The molecule has 0 spiro atoms. The van der Waals surface area contributed by atoms with Gasteiger partial charge >= 0.3 is 5.69 Å². The van der Waals surface area contributed by atoms with E-state index in [0.29, 0.717) is 67.5 Å². The molecule has 2 fully saturated rings. The number of benzene rings is 2. The number of nitrogens with one attached hydrogen (secondary N) is 1. The predicted octanol–water partition coefficient (Wildman–Crippen LogP) is 3.84. The van der Waals surface area contributed by atoms with Gasteiger partial charge < -0.3 is 24.6 Å². The maximum atomic E-state index is 13.6. The Bertz CT molecular complexity index is 1750. The fraction of sp³-hybridized carbons (Fsp3) is 0.484. The van der Waals surface area contributed by atoms with Crippen LogP contribution in [0.3, 0.4) is 0 Å². The average Bonchev–Trinajstić information content (AvgIpc) is 3.01. The lowest BCUT2D eigenvalue weighted by Crippen LogP contribution is -2.46. The van der Waals surface area contributed by atoms with E-state index in [1.54, 1.807) is 11.6 Å². The topological polar surface area (TPSA) is 107 Å². The van der Waals surface area contributed by atoms with Crippen molar-refractivity contribution in [3.8, 4) is 11.5 Å². The van der Waals surface area contributed by atoms with E-state index in [2.05, 4.69) is 15.1 Å². The van der Waals surface area contributed by atoms with Crippen LogP contribution in [0.15, 0.2) is 39.9 Å². The summed E-state index contributed by atoms with van der Waals surface area (Å²) in [7, 11) is 1.74. The van der Waals surface area contributed by atoms with Gasteiger partial charge in [-0.05, 0) is 51.8 Å². The lowest BCUT2D eigenvalue weighted by atomic mass is 10.0. The minimum absolute atomic E-state index is 0. The van der Waals surface area contributed by atoms with Crippen molar-refractivity contribution in [2.45, 2.75) is 39.7 Å². The Labute approximate surface area is 269 Å². The molecule has 0 aliphatic carbocycles. The largest absolute Gasteiger partial charge is 0.490 e. The van der Waals surface area contributed by atoms with Crippen molar-refractivity contribution < 1.29 is 9.47 Å². The Morgan fingerprint density at radius 3 is 2.18 bits per heavy atom. The Morgan fingerprint density at radius 2 is 1.52 bits per heavy atom. The third-order valence-corrected chi connectivity index (χ3v) is 8.31. The van der Waals surface area contributed by atoms with Crippen molar-refractivity contribution in [3.63, 3.8) is 0 Å². The molecule has 4 heterocycles. The molecule has 44 heavy (non-hydrogen) atoms. The average molecular weight is 647 g/mol. The molecule has 0 bridgehead atoms. The van der Waals surface area contributed by atoms with Gasteiger partial charge in [-0.3, -0.25) is 13.9 Å². The van der Waals surface area contributed by atoms with E-state index in [-0.39, 0.29) is 42.1 Å². The Hall–Kier alpha value is -3.54. The molecule has 0 amide bonds. The second-order valence-corrected chi connectivity index (χ2v) is 11.0. The molecule has 0 atom stereocenters. The minimum Gasteiger partial charge on any atom is -0.490 e. The summed E-state index contributed by atoms with van der Waals surface area (Å²) >= 11 is 0. The summed E-state index contributed by atoms with van der Waals surface area (Å²) in [6.07, 6.45) is 1.30. The SMILES string of the molecule is CCOc1cc2nc(N3CCNCC3)nc(N3CCC(n4c(=O)c5cc(C)ccc5n(C)c4=O)CC3)c2cc1OCC.Cl.Cl. The van der Waals surface area contributed by atoms with E-state index in [1.165, 1.54) is 4.57 Å². The number of anilines is 2. The molecule has 1 N–H and O–H groups in total. The number of hydrogen-bond acceptors (Lipinski definition) is 9. The van der Waals surface area contributed by atoms with Gasteiger partial charge in [0.15, 0.2) is 11.5 Å². The van der Waals surface area contributed by atoms with E-state index in [0.717, 1.165) is 48.5 Å². The van der Waals surface area contributed by atoms with Gasteiger partial charge in [0.05, 0.1) is 29.6 Å². The Balaban J connectivity index is 0.00000221. The molecule has 6 rings (SSSR count). The lowest BCUT2D eigenvalue weighted by Gasteiger charge is -2.35. The van der Waals surface area contributed by atoms with Crippen LogP contribution in [0.4, 0.5) is 11.8 Å². The summed E-state index contributed by atoms with van der Waals surface area (Å²) in [4.78, 5) is 41.5. The van der Waals surface area contributed by atoms with Gasteiger partial charge in [0.1, 0.15) is 5.82 Å². The van der Waals surface area contributed by atoms with Gasteiger partial charge in [0.25, 0.3) is 5.56 Å². The second-order valence-electron chi connectivity index (χ2n) is 11.0. The van der Waals surface area contributed by atoms with Crippen LogP contribution in [0.1, 0.15) is 38.3 Å². The van der Waals surface area contributed by atoms with Crippen molar-refractivity contribution >= 4 is 58.4 Å². The number of rotatable bonds is 7. The van der Waals surface area contributed by atoms with Crippen molar-refractivity contribution in [2.24, 2.45) is 7.05 Å². The van der Waals surface area contributed by atoms with Gasteiger partial charge in [-0.2, -0.15) is 4.98 Å². The number of ether oxygens (including phenoxy) is 2. The van der Waals surface area contributed by atoms with E-state index < -0.39 is 0 Å². The molecule has 0 saturated carbocycles. The van der Waals surface area contributed by atoms with Crippen LogP contribution in [0, 0.1) is 6.92 Å². The quantitative estimate of drug-likeness (QED) is 0.321. The minimum atomic E-state index is -0.270. The van der Waals surface area contributed by atoms with Crippen LogP contribution >= 0.6 is 24.8 Å². The zero-order valence-corrected chi connectivity index (χ0v) is 27.3. The van der Waals surface area contributed by atoms with E-state index in [9.17, 15) is 9.59 Å². The predicted molar refractivity (Wildman–Crippen MR) is 180 cm³/mol. The normalized spacial score (nSPS) is 15.6. The third-order valence-electron chi connectivity index (χ3n) is 8.31. The zero-order valence-electron chi connectivity index (χ0n) is 25.7. The number of hydrogen-bond donors (Lipinski definition) is 1. The van der Waals surface area contributed by atoms with Gasteiger partial charge in [-0.1, -0.05) is 11.6 Å². The number of aryl methyl sites for hydroxylation is 2. The van der Waals surface area contributed by atoms with Crippen molar-refractivity contribution in [2.75, 3.05) is 62.3 Å². The summed E-state index contributed by atoms with van der Waals surface area (Å²) in [6.45, 7) is 11.6. The van der Waals surface area contributed by atoms with Crippen LogP contribution in [0.25, 0.3) is 21.8 Å². The fourth-order valence-electron chi connectivity index (χ4n) is 6.15. The molecule has 11 nitrogen and oxygen atoms in total. The zero-order chi connectivity index (χ0) is 29.4. The van der Waals surface area contributed by atoms with Crippen LogP contribution in [-0.4, -0.2) is 71.6 Å². The molecular weight excluding hydrogens is 605 g/mol. The number of nitrogens with zero attached hydrogens (tertiary/aromatic N) is 6. The second kappa shape index (κ2) is 14.0. The summed E-state index contributed by atoms with van der Waals surface area (Å²) in [5.41, 5.74) is 1.97. The first-order valence-electron chi connectivity index (χ1n) is 14.9. The van der Waals surface area contributed by atoms with Gasteiger partial charge in [0, 0.05) is 63.8 Å². The summed E-state index contributed by atoms with van der Waals surface area (Å²) < 4.78 is 14.9. The first-order chi connectivity index (χ1) is 20.4. The van der Waals surface area contributed by atoms with Crippen LogP contribution in [0.5, 0.6) is 11.5 Å². The molecule has 13 heteroatoms. The first kappa shape index (κ1) is 33.4. The summed E-state index contributed by atoms with van der Waals surface area (Å²) in [6, 6.07) is 9.40. The summed E-state index contributed by atoms with van der Waals surface area (Å²) in [5, 5.41) is 4.87. The number of piperazine rings is 1. The molecule has 0 unspecified atom stereocenters. The molecular formula is C31H41Cl2N7O4. The molecule has 238 valence electrons. The van der Waals surface area contributed by atoms with Crippen molar-refractivity contribution in [1.82, 2.24) is 24.4 Å². The summed E-state index contributed by atoms with van der Waals surface area (Å²) in [5.74, 6) is 2.87.